The number of nitrogens with one attached hydrogen (secondary N) is 1. The van der Waals surface area contributed by atoms with Gasteiger partial charge in [0.15, 0.2) is 0 Å². The second kappa shape index (κ2) is 8.14. The number of nitrogens with zero attached hydrogens (tertiary/aromatic N) is 2. The zero-order chi connectivity index (χ0) is 17.6. The quantitative estimate of drug-likeness (QED) is 0.800. The molecule has 130 valence electrons. The Hall–Kier alpha value is -2.09. The van der Waals surface area contributed by atoms with Gasteiger partial charge in [0.1, 0.15) is 11.4 Å². The Labute approximate surface area is 144 Å². The molecule has 0 aliphatic carbocycles. The van der Waals surface area contributed by atoms with E-state index in [0.29, 0.717) is 35.4 Å². The van der Waals surface area contributed by atoms with E-state index >= 15 is 0 Å². The monoisotopic (exact) mass is 353 g/mol. The summed E-state index contributed by atoms with van der Waals surface area (Å²) in [6, 6.07) is 6.55. The highest BCUT2D eigenvalue weighted by atomic mass is 32.2. The molecule has 2 aromatic rings. The van der Waals surface area contributed by atoms with E-state index in [0.717, 1.165) is 0 Å². The van der Waals surface area contributed by atoms with Crippen LogP contribution in [0.3, 0.4) is 0 Å². The average molecular weight is 353 g/mol. The number of amides is 1. The lowest BCUT2D eigenvalue weighted by atomic mass is 10.2. The molecule has 0 spiro atoms. The van der Waals surface area contributed by atoms with Gasteiger partial charge in [0.25, 0.3) is 5.22 Å². The molecule has 6 nitrogen and oxygen atoms in total. The van der Waals surface area contributed by atoms with Crippen molar-refractivity contribution in [3.8, 4) is 0 Å². The fraction of sp³-hybridized carbons (Fsp3) is 0.438. The van der Waals surface area contributed by atoms with Gasteiger partial charge >= 0.3 is 6.09 Å². The molecule has 0 radical (unpaired) electrons. The van der Waals surface area contributed by atoms with Crippen molar-refractivity contribution < 1.29 is 18.3 Å². The smallest absolute Gasteiger partial charge is 0.407 e. The highest BCUT2D eigenvalue weighted by Gasteiger charge is 2.16. The number of ether oxygens (including phenoxy) is 1. The summed E-state index contributed by atoms with van der Waals surface area (Å²) in [5, 5.41) is 10.8. The number of rotatable bonds is 6. The first-order valence-electron chi connectivity index (χ1n) is 7.49. The van der Waals surface area contributed by atoms with Crippen molar-refractivity contribution in [2.75, 3.05) is 6.54 Å². The van der Waals surface area contributed by atoms with Crippen LogP contribution >= 0.6 is 11.8 Å². The van der Waals surface area contributed by atoms with E-state index in [-0.39, 0.29) is 5.82 Å². The first kappa shape index (κ1) is 18.3. The first-order valence-corrected chi connectivity index (χ1v) is 8.47. The normalized spacial score (nSPS) is 11.3. The van der Waals surface area contributed by atoms with Crippen molar-refractivity contribution in [2.45, 2.75) is 43.8 Å². The molecule has 1 N–H and O–H groups in total. The van der Waals surface area contributed by atoms with Gasteiger partial charge < -0.3 is 14.5 Å². The van der Waals surface area contributed by atoms with Crippen LogP contribution in [0.25, 0.3) is 0 Å². The summed E-state index contributed by atoms with van der Waals surface area (Å²) in [4.78, 5) is 11.5. The fourth-order valence-corrected chi connectivity index (χ4v) is 2.50. The van der Waals surface area contributed by atoms with Gasteiger partial charge in [-0.15, -0.1) is 10.2 Å². The van der Waals surface area contributed by atoms with Gasteiger partial charge in [0, 0.05) is 18.7 Å². The van der Waals surface area contributed by atoms with Crippen LogP contribution < -0.4 is 5.32 Å². The van der Waals surface area contributed by atoms with E-state index in [1.54, 1.807) is 39.0 Å². The van der Waals surface area contributed by atoms with E-state index in [2.05, 4.69) is 15.5 Å². The Kier molecular flexibility index (Phi) is 6.19. The number of alkyl carbamates (subject to hydrolysis) is 1. The van der Waals surface area contributed by atoms with Gasteiger partial charge in [-0.1, -0.05) is 30.0 Å². The Morgan fingerprint density at radius 3 is 2.79 bits per heavy atom. The second-order valence-electron chi connectivity index (χ2n) is 6.02. The molecule has 24 heavy (non-hydrogen) atoms. The molecular formula is C16H20FN3O3S. The number of halogens is 1. The molecule has 0 bridgehead atoms. The van der Waals surface area contributed by atoms with Crippen LogP contribution in [0.2, 0.25) is 0 Å². The summed E-state index contributed by atoms with van der Waals surface area (Å²) in [6.07, 6.45) is -0.0943. The van der Waals surface area contributed by atoms with Crippen molar-refractivity contribution in [1.82, 2.24) is 15.5 Å². The maximum absolute atomic E-state index is 13.5. The summed E-state index contributed by atoms with van der Waals surface area (Å²) in [7, 11) is 0. The summed E-state index contributed by atoms with van der Waals surface area (Å²) in [5.74, 6) is 0.554. The van der Waals surface area contributed by atoms with Gasteiger partial charge in [-0.05, 0) is 32.4 Å². The van der Waals surface area contributed by atoms with E-state index < -0.39 is 11.7 Å². The van der Waals surface area contributed by atoms with Crippen LogP contribution in [0.15, 0.2) is 33.9 Å². The molecule has 1 aromatic heterocycles. The Morgan fingerprint density at radius 1 is 1.33 bits per heavy atom. The van der Waals surface area contributed by atoms with Crippen molar-refractivity contribution >= 4 is 17.9 Å². The lowest BCUT2D eigenvalue weighted by molar-refractivity contribution is 0.0528. The van der Waals surface area contributed by atoms with E-state index in [4.69, 9.17) is 9.15 Å². The number of thioether (sulfide) groups is 1. The van der Waals surface area contributed by atoms with E-state index in [9.17, 15) is 9.18 Å². The third-order valence-electron chi connectivity index (χ3n) is 2.76. The number of hydrogen-bond donors (Lipinski definition) is 1. The van der Waals surface area contributed by atoms with Gasteiger partial charge in [0.05, 0.1) is 0 Å². The molecule has 0 unspecified atom stereocenters. The van der Waals surface area contributed by atoms with Gasteiger partial charge in [-0.2, -0.15) is 0 Å². The van der Waals surface area contributed by atoms with E-state index in [1.165, 1.54) is 17.8 Å². The average Bonchev–Trinajstić information content (AvgIpc) is 2.92. The second-order valence-corrected chi connectivity index (χ2v) is 6.95. The number of benzene rings is 1. The van der Waals surface area contributed by atoms with E-state index in [1.807, 2.05) is 0 Å². The minimum atomic E-state index is -0.537. The van der Waals surface area contributed by atoms with Gasteiger partial charge in [-0.25, -0.2) is 9.18 Å². The van der Waals surface area contributed by atoms with Crippen LogP contribution in [0.1, 0.15) is 32.2 Å². The number of aromatic nitrogens is 2. The molecule has 0 aliphatic heterocycles. The molecule has 2 rings (SSSR count). The number of carbonyl (C=O) groups excluding carboxylic acids is 1. The minimum absolute atomic E-state index is 0.258. The predicted molar refractivity (Wildman–Crippen MR) is 88.2 cm³/mol. The summed E-state index contributed by atoms with van der Waals surface area (Å²) in [6.45, 7) is 5.71. The molecule has 1 heterocycles. The highest BCUT2D eigenvalue weighted by molar-refractivity contribution is 7.98. The van der Waals surface area contributed by atoms with Crippen molar-refractivity contribution in [3.05, 3.63) is 41.5 Å². The molecule has 0 fully saturated rings. The molecule has 8 heteroatoms. The number of carbonyl (C=O) groups is 1. The fourth-order valence-electron chi connectivity index (χ4n) is 1.74. The SMILES string of the molecule is CC(C)(C)OC(=O)NCCc1nnc(SCc2ccccc2F)o1. The van der Waals surface area contributed by atoms with Crippen LogP contribution in [-0.2, 0) is 16.9 Å². The molecule has 0 aliphatic rings. The van der Waals surface area contributed by atoms with Gasteiger partial charge in [0.2, 0.25) is 5.89 Å². The minimum Gasteiger partial charge on any atom is -0.444 e. The summed E-state index contributed by atoms with van der Waals surface area (Å²) < 4.78 is 24.1. The lowest BCUT2D eigenvalue weighted by Crippen LogP contribution is -2.33. The Bertz CT molecular complexity index is 685. The van der Waals surface area contributed by atoms with Crippen LogP contribution in [0, 0.1) is 5.82 Å². The van der Waals surface area contributed by atoms with Crippen molar-refractivity contribution in [3.63, 3.8) is 0 Å². The zero-order valence-corrected chi connectivity index (χ0v) is 14.7. The third kappa shape index (κ3) is 6.19. The maximum atomic E-state index is 13.5. The Balaban J connectivity index is 1.75. The van der Waals surface area contributed by atoms with Crippen LogP contribution in [0.4, 0.5) is 9.18 Å². The summed E-state index contributed by atoms with van der Waals surface area (Å²) in [5.41, 5.74) is 0.0410. The van der Waals surface area contributed by atoms with Crippen molar-refractivity contribution in [2.24, 2.45) is 0 Å². The van der Waals surface area contributed by atoms with Crippen molar-refractivity contribution in [1.29, 1.82) is 0 Å². The molecule has 1 aromatic carbocycles. The lowest BCUT2D eigenvalue weighted by Gasteiger charge is -2.19. The topological polar surface area (TPSA) is 77.2 Å². The number of hydrogen-bond acceptors (Lipinski definition) is 6. The summed E-state index contributed by atoms with van der Waals surface area (Å²) >= 11 is 1.26. The maximum Gasteiger partial charge on any atom is 0.407 e. The standard InChI is InChI=1S/C16H20FN3O3S/c1-16(2,3)23-14(21)18-9-8-13-19-20-15(22-13)24-10-11-6-4-5-7-12(11)17/h4-7H,8-10H2,1-3H3,(H,18,21). The zero-order valence-electron chi connectivity index (χ0n) is 13.8. The van der Waals surface area contributed by atoms with Crippen LogP contribution in [0.5, 0.6) is 0 Å². The molecule has 0 saturated heterocycles. The van der Waals surface area contributed by atoms with Gasteiger partial charge in [-0.3, -0.25) is 0 Å². The largest absolute Gasteiger partial charge is 0.444 e. The third-order valence-corrected chi connectivity index (χ3v) is 3.63. The Morgan fingerprint density at radius 2 is 2.08 bits per heavy atom. The highest BCUT2D eigenvalue weighted by Crippen LogP contribution is 2.22. The predicted octanol–water partition coefficient (Wildman–Crippen LogP) is 3.57. The molecule has 1 amide bonds. The van der Waals surface area contributed by atoms with Crippen LogP contribution in [-0.4, -0.2) is 28.4 Å². The molecule has 0 atom stereocenters. The molecular weight excluding hydrogens is 333 g/mol. The molecule has 0 saturated carbocycles. The first-order chi connectivity index (χ1) is 11.3.